The number of hydrogen-bond donors (Lipinski definition) is 2. The van der Waals surface area contributed by atoms with Gasteiger partial charge in [0.25, 0.3) is 5.56 Å². The second-order valence-corrected chi connectivity index (χ2v) is 8.12. The first-order chi connectivity index (χ1) is 12.8. The molecule has 2 heterocycles. The fourth-order valence-electron chi connectivity index (χ4n) is 3.87. The average Bonchev–Trinajstić information content (AvgIpc) is 3.04. The monoisotopic (exact) mass is 367 g/mol. The number of H-pyrrole nitrogens is 1. The van der Waals surface area contributed by atoms with Gasteiger partial charge in [-0.1, -0.05) is 43.7 Å². The van der Waals surface area contributed by atoms with Gasteiger partial charge in [-0.15, -0.1) is 11.3 Å². The van der Waals surface area contributed by atoms with Crippen molar-refractivity contribution < 1.29 is 0 Å². The minimum atomic E-state index is 0.0259. The Morgan fingerprint density at radius 3 is 2.85 bits per heavy atom. The van der Waals surface area contributed by atoms with Gasteiger partial charge >= 0.3 is 0 Å². The van der Waals surface area contributed by atoms with Crippen LogP contribution in [-0.2, 0) is 19.4 Å². The largest absolute Gasteiger partial charge is 0.309 e. The maximum atomic E-state index is 12.7. The lowest BCUT2D eigenvalue weighted by Gasteiger charge is -2.18. The summed E-state index contributed by atoms with van der Waals surface area (Å²) in [7, 11) is 0. The third-order valence-electron chi connectivity index (χ3n) is 5.17. The maximum absolute atomic E-state index is 12.7. The van der Waals surface area contributed by atoms with Gasteiger partial charge in [0.2, 0.25) is 0 Å². The van der Waals surface area contributed by atoms with Gasteiger partial charge in [0.05, 0.1) is 11.9 Å². The molecule has 1 atom stereocenters. The molecule has 0 saturated heterocycles. The molecule has 0 spiro atoms. The summed E-state index contributed by atoms with van der Waals surface area (Å²) < 4.78 is 0. The fourth-order valence-corrected chi connectivity index (χ4v) is 5.15. The second-order valence-electron chi connectivity index (χ2n) is 7.04. The molecule has 0 radical (unpaired) electrons. The number of aryl methyl sites for hydroxylation is 2. The van der Waals surface area contributed by atoms with Crippen LogP contribution in [0.3, 0.4) is 0 Å². The molecule has 4 rings (SSSR count). The molecule has 3 aromatic rings. The van der Waals surface area contributed by atoms with Crippen LogP contribution in [0.5, 0.6) is 0 Å². The van der Waals surface area contributed by atoms with E-state index in [1.54, 1.807) is 11.3 Å². The predicted octanol–water partition coefficient (Wildman–Crippen LogP) is 4.49. The maximum Gasteiger partial charge on any atom is 0.259 e. The normalized spacial score (nSPS) is 15.1. The average molecular weight is 368 g/mol. The Bertz CT molecular complexity index is 945. The highest BCUT2D eigenvalue weighted by molar-refractivity contribution is 7.18. The molecule has 1 aliphatic rings. The Labute approximate surface area is 157 Å². The van der Waals surface area contributed by atoms with Gasteiger partial charge in [0.1, 0.15) is 10.7 Å². The molecule has 136 valence electrons. The molecule has 0 fully saturated rings. The number of hydrogen-bond acceptors (Lipinski definition) is 4. The van der Waals surface area contributed by atoms with Crippen molar-refractivity contribution in [2.24, 2.45) is 0 Å². The molecule has 4 nitrogen and oxygen atoms in total. The number of benzene rings is 1. The summed E-state index contributed by atoms with van der Waals surface area (Å²) in [5.41, 5.74) is 2.56. The third kappa shape index (κ3) is 3.46. The molecular weight excluding hydrogens is 342 g/mol. The Kier molecular flexibility index (Phi) is 5.18. The smallest absolute Gasteiger partial charge is 0.259 e. The highest BCUT2D eigenvalue weighted by Crippen LogP contribution is 2.33. The molecular formula is C21H25N3OS. The van der Waals surface area contributed by atoms with E-state index in [2.05, 4.69) is 41.5 Å². The predicted molar refractivity (Wildman–Crippen MR) is 108 cm³/mol. The first-order valence-electron chi connectivity index (χ1n) is 9.58. The van der Waals surface area contributed by atoms with Crippen molar-refractivity contribution in [2.75, 3.05) is 0 Å². The van der Waals surface area contributed by atoms with Gasteiger partial charge in [-0.25, -0.2) is 4.98 Å². The Morgan fingerprint density at radius 2 is 2.04 bits per heavy atom. The van der Waals surface area contributed by atoms with Crippen molar-refractivity contribution in [3.05, 3.63) is 62.5 Å². The van der Waals surface area contributed by atoms with Crippen LogP contribution < -0.4 is 10.9 Å². The highest BCUT2D eigenvalue weighted by atomic mass is 32.1. The van der Waals surface area contributed by atoms with Gasteiger partial charge < -0.3 is 10.3 Å². The van der Waals surface area contributed by atoms with Crippen LogP contribution in [-0.4, -0.2) is 9.97 Å². The SMILES string of the molecule is CCC[C@@H](NCc1nc2sc3c(c2c(=O)[nH]1)CCCC3)c1ccccc1. The Hall–Kier alpha value is -1.98. The quantitative estimate of drug-likeness (QED) is 0.675. The second kappa shape index (κ2) is 7.72. The van der Waals surface area contributed by atoms with Crippen LogP contribution in [0.2, 0.25) is 0 Å². The van der Waals surface area contributed by atoms with Crippen LogP contribution in [0.4, 0.5) is 0 Å². The molecule has 0 unspecified atom stereocenters. The van der Waals surface area contributed by atoms with E-state index in [4.69, 9.17) is 4.98 Å². The van der Waals surface area contributed by atoms with Gasteiger partial charge in [-0.2, -0.15) is 0 Å². The Morgan fingerprint density at radius 1 is 1.23 bits per heavy atom. The van der Waals surface area contributed by atoms with Crippen molar-refractivity contribution in [3.8, 4) is 0 Å². The Balaban J connectivity index is 1.58. The molecule has 0 aliphatic heterocycles. The van der Waals surface area contributed by atoms with Gasteiger partial charge in [0, 0.05) is 10.9 Å². The first-order valence-corrected chi connectivity index (χ1v) is 10.4. The summed E-state index contributed by atoms with van der Waals surface area (Å²) in [4.78, 5) is 22.7. The van der Waals surface area contributed by atoms with Gasteiger partial charge in [0.15, 0.2) is 0 Å². The van der Waals surface area contributed by atoms with Crippen LogP contribution in [0.15, 0.2) is 35.1 Å². The van der Waals surface area contributed by atoms with E-state index in [0.717, 1.165) is 41.7 Å². The molecule has 2 aromatic heterocycles. The number of fused-ring (bicyclic) bond motifs is 3. The molecule has 0 bridgehead atoms. The zero-order valence-corrected chi connectivity index (χ0v) is 16.0. The molecule has 0 saturated carbocycles. The third-order valence-corrected chi connectivity index (χ3v) is 6.35. The summed E-state index contributed by atoms with van der Waals surface area (Å²) >= 11 is 1.71. The van der Waals surface area contributed by atoms with Crippen molar-refractivity contribution in [3.63, 3.8) is 0 Å². The van der Waals surface area contributed by atoms with Crippen molar-refractivity contribution in [1.82, 2.24) is 15.3 Å². The van der Waals surface area contributed by atoms with Gasteiger partial charge in [-0.3, -0.25) is 4.79 Å². The van der Waals surface area contributed by atoms with E-state index in [1.165, 1.54) is 28.8 Å². The zero-order valence-electron chi connectivity index (χ0n) is 15.2. The minimum absolute atomic E-state index is 0.0259. The van der Waals surface area contributed by atoms with Crippen molar-refractivity contribution in [2.45, 2.75) is 58.0 Å². The number of thiophene rings is 1. The summed E-state index contributed by atoms with van der Waals surface area (Å²) in [6.07, 6.45) is 6.68. The summed E-state index contributed by atoms with van der Waals surface area (Å²) in [5.74, 6) is 0.734. The lowest BCUT2D eigenvalue weighted by atomic mass is 9.97. The van der Waals surface area contributed by atoms with Crippen LogP contribution >= 0.6 is 11.3 Å². The van der Waals surface area contributed by atoms with Gasteiger partial charge in [-0.05, 0) is 43.2 Å². The first kappa shape index (κ1) is 17.4. The minimum Gasteiger partial charge on any atom is -0.309 e. The molecule has 26 heavy (non-hydrogen) atoms. The molecule has 0 amide bonds. The van der Waals surface area contributed by atoms with Crippen LogP contribution in [0, 0.1) is 0 Å². The van der Waals surface area contributed by atoms with Crippen molar-refractivity contribution in [1.29, 1.82) is 0 Å². The molecule has 1 aromatic carbocycles. The molecule has 2 N–H and O–H groups in total. The highest BCUT2D eigenvalue weighted by Gasteiger charge is 2.20. The summed E-state index contributed by atoms with van der Waals surface area (Å²) in [5, 5.41) is 4.41. The van der Waals surface area contributed by atoms with E-state index >= 15 is 0 Å². The topological polar surface area (TPSA) is 57.8 Å². The number of nitrogens with zero attached hydrogens (tertiary/aromatic N) is 1. The van der Waals surface area contributed by atoms with Crippen LogP contribution in [0.25, 0.3) is 10.2 Å². The van der Waals surface area contributed by atoms with Crippen LogP contribution in [0.1, 0.15) is 60.5 Å². The zero-order chi connectivity index (χ0) is 17.9. The summed E-state index contributed by atoms with van der Waals surface area (Å²) in [6.45, 7) is 2.77. The lowest BCUT2D eigenvalue weighted by Crippen LogP contribution is -2.24. The number of aromatic amines is 1. The fraction of sp³-hybridized carbons (Fsp3) is 0.429. The number of nitrogens with one attached hydrogen (secondary N) is 2. The molecule has 5 heteroatoms. The van der Waals surface area contributed by atoms with E-state index in [0.29, 0.717) is 6.54 Å². The lowest BCUT2D eigenvalue weighted by molar-refractivity contribution is 0.485. The summed E-state index contributed by atoms with van der Waals surface area (Å²) in [6, 6.07) is 10.8. The molecule has 1 aliphatic carbocycles. The van der Waals surface area contributed by atoms with E-state index < -0.39 is 0 Å². The van der Waals surface area contributed by atoms with E-state index in [-0.39, 0.29) is 11.6 Å². The number of aromatic nitrogens is 2. The number of rotatable bonds is 6. The van der Waals surface area contributed by atoms with E-state index in [9.17, 15) is 4.79 Å². The van der Waals surface area contributed by atoms with E-state index in [1.807, 2.05) is 6.07 Å². The van der Waals surface area contributed by atoms with Crippen molar-refractivity contribution >= 4 is 21.6 Å². The standard InChI is InChI=1S/C21H25N3OS/c1-2-8-16(14-9-4-3-5-10-14)22-13-18-23-20(25)19-15-11-6-7-12-17(15)26-21(19)24-18/h3-5,9-10,16,22H,2,6-8,11-13H2,1H3,(H,23,24,25)/t16-/m1/s1.